The fourth-order valence-electron chi connectivity index (χ4n) is 4.52. The van der Waals surface area contributed by atoms with Crippen molar-refractivity contribution in [3.63, 3.8) is 0 Å². The molecular formula is C27H31N5O4. The van der Waals surface area contributed by atoms with Crippen LogP contribution in [0.1, 0.15) is 67.5 Å². The van der Waals surface area contributed by atoms with Crippen molar-refractivity contribution in [2.75, 3.05) is 6.54 Å². The van der Waals surface area contributed by atoms with Gasteiger partial charge in [0.1, 0.15) is 6.04 Å². The number of hydrazine groups is 1. The highest BCUT2D eigenvalue weighted by Crippen LogP contribution is 2.25. The number of aromatic nitrogens is 2. The van der Waals surface area contributed by atoms with Gasteiger partial charge in [-0.3, -0.25) is 30.0 Å². The molecule has 2 heterocycles. The van der Waals surface area contributed by atoms with E-state index in [-0.39, 0.29) is 17.2 Å². The molecule has 1 aromatic heterocycles. The summed E-state index contributed by atoms with van der Waals surface area (Å²) in [5.41, 5.74) is 5.40. The number of amides is 3. The Morgan fingerprint density at radius 1 is 0.944 bits per heavy atom. The van der Waals surface area contributed by atoms with Crippen molar-refractivity contribution in [3.8, 4) is 0 Å². The van der Waals surface area contributed by atoms with Crippen molar-refractivity contribution >= 4 is 28.5 Å². The summed E-state index contributed by atoms with van der Waals surface area (Å²) in [5.74, 6) is -1.26. The van der Waals surface area contributed by atoms with Crippen LogP contribution in [0.5, 0.6) is 0 Å². The van der Waals surface area contributed by atoms with Crippen LogP contribution in [0.25, 0.3) is 10.8 Å². The van der Waals surface area contributed by atoms with Gasteiger partial charge in [0.15, 0.2) is 5.69 Å². The minimum Gasteiger partial charge on any atom is -0.326 e. The first-order valence-corrected chi connectivity index (χ1v) is 12.5. The van der Waals surface area contributed by atoms with Gasteiger partial charge in [-0.25, -0.2) is 4.68 Å². The van der Waals surface area contributed by atoms with Gasteiger partial charge in [-0.1, -0.05) is 68.3 Å². The first-order chi connectivity index (χ1) is 17.5. The van der Waals surface area contributed by atoms with Gasteiger partial charge in [0.05, 0.1) is 5.39 Å². The highest BCUT2D eigenvalue weighted by molar-refractivity contribution is 6.05. The largest absolute Gasteiger partial charge is 0.326 e. The van der Waals surface area contributed by atoms with E-state index < -0.39 is 17.9 Å². The van der Waals surface area contributed by atoms with Crippen LogP contribution in [-0.4, -0.2) is 38.9 Å². The predicted octanol–water partition coefficient (Wildman–Crippen LogP) is 3.10. The normalized spacial score (nSPS) is 14.5. The van der Waals surface area contributed by atoms with E-state index in [1.54, 1.807) is 53.4 Å². The number of benzene rings is 2. The fourth-order valence-corrected chi connectivity index (χ4v) is 4.52. The van der Waals surface area contributed by atoms with Gasteiger partial charge in [-0.05, 0) is 30.9 Å². The Bertz CT molecular complexity index is 1300. The molecule has 36 heavy (non-hydrogen) atoms. The summed E-state index contributed by atoms with van der Waals surface area (Å²) < 4.78 is 1.31. The molecular weight excluding hydrogens is 458 g/mol. The maximum atomic E-state index is 13.3. The molecule has 0 radical (unpaired) electrons. The Morgan fingerprint density at radius 3 is 2.39 bits per heavy atom. The topological polar surface area (TPSA) is 113 Å². The van der Waals surface area contributed by atoms with Crippen molar-refractivity contribution in [2.45, 2.75) is 58.0 Å². The number of hydrogen-bond acceptors (Lipinski definition) is 5. The van der Waals surface area contributed by atoms with E-state index in [0.29, 0.717) is 35.8 Å². The number of likely N-dealkylation sites (tertiary alicyclic amines) is 1. The van der Waals surface area contributed by atoms with Gasteiger partial charge < -0.3 is 4.90 Å². The summed E-state index contributed by atoms with van der Waals surface area (Å²) in [4.78, 5) is 53.5. The fraction of sp³-hybridized carbons (Fsp3) is 0.370. The van der Waals surface area contributed by atoms with Gasteiger partial charge in [0, 0.05) is 24.9 Å². The summed E-state index contributed by atoms with van der Waals surface area (Å²) in [6.45, 7) is 2.93. The van der Waals surface area contributed by atoms with Crippen molar-refractivity contribution in [3.05, 3.63) is 76.2 Å². The van der Waals surface area contributed by atoms with E-state index in [1.165, 1.54) is 4.68 Å². The van der Waals surface area contributed by atoms with Crippen molar-refractivity contribution in [1.82, 2.24) is 25.5 Å². The number of nitrogens with one attached hydrogen (secondary N) is 2. The third-order valence-corrected chi connectivity index (χ3v) is 6.39. The molecule has 0 bridgehead atoms. The maximum absolute atomic E-state index is 13.3. The molecule has 2 aromatic carbocycles. The number of piperidine rings is 1. The zero-order valence-corrected chi connectivity index (χ0v) is 20.4. The quantitative estimate of drug-likeness (QED) is 0.373. The Labute approximate surface area is 209 Å². The summed E-state index contributed by atoms with van der Waals surface area (Å²) >= 11 is 0. The Hall–Kier alpha value is -4.01. The molecule has 1 saturated heterocycles. The van der Waals surface area contributed by atoms with E-state index in [1.807, 2.05) is 6.07 Å². The average molecular weight is 490 g/mol. The van der Waals surface area contributed by atoms with Gasteiger partial charge >= 0.3 is 0 Å². The molecule has 9 nitrogen and oxygen atoms in total. The summed E-state index contributed by atoms with van der Waals surface area (Å²) in [7, 11) is 0. The molecule has 3 amide bonds. The van der Waals surface area contributed by atoms with Crippen LogP contribution >= 0.6 is 0 Å². The number of carbonyl (C=O) groups excluding carboxylic acids is 3. The monoisotopic (exact) mass is 489 g/mol. The lowest BCUT2D eigenvalue weighted by atomic mass is 10.0. The lowest BCUT2D eigenvalue weighted by molar-refractivity contribution is -0.143. The second-order valence-corrected chi connectivity index (χ2v) is 8.93. The van der Waals surface area contributed by atoms with Gasteiger partial charge in [0.2, 0.25) is 5.91 Å². The molecule has 1 aliphatic heterocycles. The van der Waals surface area contributed by atoms with Gasteiger partial charge in [-0.2, -0.15) is 5.10 Å². The number of aryl methyl sites for hydroxylation is 1. The van der Waals surface area contributed by atoms with Gasteiger partial charge in [0.25, 0.3) is 17.4 Å². The summed E-state index contributed by atoms with van der Waals surface area (Å²) in [5, 5.41) is 5.13. The van der Waals surface area contributed by atoms with Gasteiger partial charge in [-0.15, -0.1) is 0 Å². The summed E-state index contributed by atoms with van der Waals surface area (Å²) in [6.07, 6.45) is 4.69. The van der Waals surface area contributed by atoms with E-state index >= 15 is 0 Å². The lowest BCUT2D eigenvalue weighted by Crippen LogP contribution is -2.50. The standard InChI is InChI=1S/C27H31N5O4/c1-2-3-10-18-32-27(36)21-15-8-7-14-20(21)23(30-32)25(34)28-29-26(35)24(19-12-5-4-6-13-19)31-17-11-9-16-22(31)33/h4-8,12-15,24H,2-3,9-11,16-18H2,1H3,(H,28,34)(H,29,35). The van der Waals surface area contributed by atoms with E-state index in [0.717, 1.165) is 32.1 Å². The van der Waals surface area contributed by atoms with Crippen molar-refractivity contribution < 1.29 is 14.4 Å². The number of nitrogens with zero attached hydrogens (tertiary/aromatic N) is 3. The van der Waals surface area contributed by atoms with E-state index in [4.69, 9.17) is 0 Å². The highest BCUT2D eigenvalue weighted by Gasteiger charge is 2.33. The van der Waals surface area contributed by atoms with Crippen LogP contribution in [0.4, 0.5) is 0 Å². The predicted molar refractivity (Wildman–Crippen MR) is 136 cm³/mol. The SMILES string of the molecule is CCCCCn1nc(C(=O)NNC(=O)C(c2ccccc2)N2CCCCC2=O)c2ccccc2c1=O. The zero-order chi connectivity index (χ0) is 25.5. The number of rotatable bonds is 8. The molecule has 1 aliphatic rings. The Balaban J connectivity index is 1.58. The van der Waals surface area contributed by atoms with Crippen LogP contribution < -0.4 is 16.4 Å². The Kier molecular flexibility index (Phi) is 8.10. The van der Waals surface area contributed by atoms with Crippen molar-refractivity contribution in [2.24, 2.45) is 0 Å². The van der Waals surface area contributed by atoms with E-state index in [9.17, 15) is 19.2 Å². The molecule has 1 unspecified atom stereocenters. The molecule has 0 saturated carbocycles. The van der Waals surface area contributed by atoms with Crippen LogP contribution in [0, 0.1) is 0 Å². The van der Waals surface area contributed by atoms with Crippen LogP contribution in [0.2, 0.25) is 0 Å². The smallest absolute Gasteiger partial charge is 0.290 e. The second-order valence-electron chi connectivity index (χ2n) is 8.93. The second kappa shape index (κ2) is 11.6. The summed E-state index contributed by atoms with van der Waals surface area (Å²) in [6, 6.07) is 15.0. The molecule has 188 valence electrons. The highest BCUT2D eigenvalue weighted by atomic mass is 16.2. The molecule has 9 heteroatoms. The molecule has 4 rings (SSSR count). The minimum absolute atomic E-state index is 0.0484. The number of hydrogen-bond donors (Lipinski definition) is 2. The molecule has 0 aliphatic carbocycles. The third-order valence-electron chi connectivity index (χ3n) is 6.39. The molecule has 2 N–H and O–H groups in total. The van der Waals surface area contributed by atoms with Crippen LogP contribution in [0.15, 0.2) is 59.4 Å². The zero-order valence-electron chi connectivity index (χ0n) is 20.4. The maximum Gasteiger partial charge on any atom is 0.290 e. The van der Waals surface area contributed by atoms with Crippen molar-refractivity contribution in [1.29, 1.82) is 0 Å². The van der Waals surface area contributed by atoms with Crippen LogP contribution in [0.3, 0.4) is 0 Å². The first-order valence-electron chi connectivity index (χ1n) is 12.5. The number of fused-ring (bicyclic) bond motifs is 1. The Morgan fingerprint density at radius 2 is 1.67 bits per heavy atom. The number of unbranched alkanes of at least 4 members (excludes halogenated alkanes) is 2. The molecule has 0 spiro atoms. The molecule has 1 atom stereocenters. The molecule has 1 fully saturated rings. The molecule has 3 aromatic rings. The lowest BCUT2D eigenvalue weighted by Gasteiger charge is -2.34. The van der Waals surface area contributed by atoms with E-state index in [2.05, 4.69) is 22.9 Å². The van der Waals surface area contributed by atoms with Crippen LogP contribution in [-0.2, 0) is 16.1 Å². The third kappa shape index (κ3) is 5.45. The average Bonchev–Trinajstić information content (AvgIpc) is 2.90. The number of carbonyl (C=O) groups is 3. The minimum atomic E-state index is -0.869. The first kappa shape index (κ1) is 25.1.